The predicted molar refractivity (Wildman–Crippen MR) is 132 cm³/mol. The third kappa shape index (κ3) is 5.26. The number of nitrogens with zero attached hydrogens (tertiary/aromatic N) is 3. The molecule has 0 saturated carbocycles. The number of amides is 1. The summed E-state index contributed by atoms with van der Waals surface area (Å²) in [5, 5.41) is 5.54. The van der Waals surface area contributed by atoms with Gasteiger partial charge in [-0.3, -0.25) is 4.79 Å². The molecule has 2 aromatic carbocycles. The zero-order chi connectivity index (χ0) is 22.4. The van der Waals surface area contributed by atoms with Crippen LogP contribution >= 0.6 is 24.0 Å². The second kappa shape index (κ2) is 10.5. The summed E-state index contributed by atoms with van der Waals surface area (Å²) in [6.07, 6.45) is 3.40. The fourth-order valence-corrected chi connectivity index (χ4v) is 4.30. The Bertz CT molecular complexity index is 1020. The number of anilines is 1. The maximum Gasteiger partial charge on any atom is 0.286 e. The Balaban J connectivity index is 1.77. The summed E-state index contributed by atoms with van der Waals surface area (Å²) in [4.78, 5) is 15.7. The van der Waals surface area contributed by atoms with E-state index in [1.165, 1.54) is 16.8 Å². The molecule has 1 heterocycles. The maximum absolute atomic E-state index is 12.8. The lowest BCUT2D eigenvalue weighted by molar-refractivity contribution is -0.122. The molecular weight excluding hydrogens is 430 g/mol. The van der Waals surface area contributed by atoms with E-state index in [0.29, 0.717) is 26.3 Å². The third-order valence-corrected chi connectivity index (χ3v) is 6.13. The van der Waals surface area contributed by atoms with E-state index >= 15 is 0 Å². The number of carbonyl (C=O) groups excluding carboxylic acids is 1. The summed E-state index contributed by atoms with van der Waals surface area (Å²) in [6.45, 7) is 6.16. The van der Waals surface area contributed by atoms with Gasteiger partial charge in [-0.2, -0.15) is 10.1 Å². The maximum atomic E-state index is 12.8. The summed E-state index contributed by atoms with van der Waals surface area (Å²) in [6, 6.07) is 13.5. The van der Waals surface area contributed by atoms with Gasteiger partial charge in [0.1, 0.15) is 11.5 Å². The molecule has 31 heavy (non-hydrogen) atoms. The fourth-order valence-electron chi connectivity index (χ4n) is 3.13. The van der Waals surface area contributed by atoms with Crippen molar-refractivity contribution in [3.63, 3.8) is 0 Å². The fraction of sp³-hybridized carbons (Fsp3) is 0.261. The highest BCUT2D eigenvalue weighted by molar-refractivity contribution is 8.26. The monoisotopic (exact) mass is 455 g/mol. The van der Waals surface area contributed by atoms with Crippen LogP contribution in [0.2, 0.25) is 0 Å². The van der Waals surface area contributed by atoms with Gasteiger partial charge in [-0.15, -0.1) is 0 Å². The van der Waals surface area contributed by atoms with Gasteiger partial charge < -0.3 is 14.4 Å². The third-order valence-electron chi connectivity index (χ3n) is 4.85. The summed E-state index contributed by atoms with van der Waals surface area (Å²) in [5.41, 5.74) is 2.82. The number of hydrazone groups is 1. The molecule has 0 N–H and O–H groups in total. The van der Waals surface area contributed by atoms with Crippen LogP contribution in [0.1, 0.15) is 25.0 Å². The lowest BCUT2D eigenvalue weighted by atomic mass is 10.1. The Hall–Kier alpha value is -2.84. The van der Waals surface area contributed by atoms with E-state index in [1.807, 2.05) is 24.3 Å². The number of thioether (sulfide) groups is 1. The number of benzene rings is 2. The molecule has 0 bridgehead atoms. The number of hydrogen-bond donors (Lipinski definition) is 0. The van der Waals surface area contributed by atoms with E-state index < -0.39 is 0 Å². The summed E-state index contributed by atoms with van der Waals surface area (Å²) < 4.78 is 11.0. The lowest BCUT2D eigenvalue weighted by Crippen LogP contribution is -2.22. The summed E-state index contributed by atoms with van der Waals surface area (Å²) in [5.74, 6) is 1.03. The van der Waals surface area contributed by atoms with Crippen molar-refractivity contribution < 1.29 is 14.3 Å². The molecular formula is C23H25N3O3S2. The molecule has 0 aromatic heterocycles. The van der Waals surface area contributed by atoms with Crippen LogP contribution in [0.15, 0.2) is 52.5 Å². The molecule has 162 valence electrons. The van der Waals surface area contributed by atoms with E-state index in [1.54, 1.807) is 32.6 Å². The molecule has 0 unspecified atom stereocenters. The molecule has 1 aliphatic heterocycles. The van der Waals surface area contributed by atoms with Crippen LogP contribution in [-0.4, -0.2) is 48.8 Å². The molecule has 0 aliphatic carbocycles. The van der Waals surface area contributed by atoms with Crippen LogP contribution in [0, 0.1) is 0 Å². The number of rotatable bonds is 8. The van der Waals surface area contributed by atoms with E-state index in [2.05, 4.69) is 36.0 Å². The van der Waals surface area contributed by atoms with Crippen molar-refractivity contribution >= 4 is 52.2 Å². The predicted octanol–water partition coefficient (Wildman–Crippen LogP) is 4.79. The second-order valence-electron chi connectivity index (χ2n) is 6.61. The standard InChI is InChI=1S/C23H25N3O3S2/c1-5-25(6-2)18-10-7-16(8-11-18)13-21-22(27)26(23(30)31-21)24-15-17-9-12-19(28-3)14-20(17)29-4/h7-15H,5-6H2,1-4H3/b21-13+,24-15+. The molecule has 0 radical (unpaired) electrons. The van der Waals surface area contributed by atoms with Crippen LogP contribution in [0.4, 0.5) is 5.69 Å². The average Bonchev–Trinajstić information content (AvgIpc) is 3.06. The van der Waals surface area contributed by atoms with E-state index in [9.17, 15) is 4.79 Å². The number of thiocarbonyl (C=S) groups is 1. The van der Waals surface area contributed by atoms with Crippen molar-refractivity contribution in [1.82, 2.24) is 5.01 Å². The van der Waals surface area contributed by atoms with Crippen LogP contribution in [-0.2, 0) is 4.79 Å². The van der Waals surface area contributed by atoms with Gasteiger partial charge in [0.05, 0.1) is 25.3 Å². The van der Waals surface area contributed by atoms with Gasteiger partial charge in [0.15, 0.2) is 4.32 Å². The normalized spacial score (nSPS) is 15.2. The molecule has 6 nitrogen and oxygen atoms in total. The lowest BCUT2D eigenvalue weighted by Gasteiger charge is -2.20. The van der Waals surface area contributed by atoms with Crippen molar-refractivity contribution in [2.75, 3.05) is 32.2 Å². The van der Waals surface area contributed by atoms with Crippen LogP contribution in [0.25, 0.3) is 6.08 Å². The first-order chi connectivity index (χ1) is 15.0. The first-order valence-corrected chi connectivity index (χ1v) is 11.1. The van der Waals surface area contributed by atoms with E-state index in [-0.39, 0.29) is 5.91 Å². The van der Waals surface area contributed by atoms with Gasteiger partial charge in [-0.05, 0) is 62.0 Å². The first kappa shape index (κ1) is 22.8. The van der Waals surface area contributed by atoms with Crippen molar-refractivity contribution in [2.45, 2.75) is 13.8 Å². The first-order valence-electron chi connectivity index (χ1n) is 9.89. The highest BCUT2D eigenvalue weighted by atomic mass is 32.2. The Morgan fingerprint density at radius 3 is 2.42 bits per heavy atom. The quantitative estimate of drug-likeness (QED) is 0.324. The van der Waals surface area contributed by atoms with Crippen molar-refractivity contribution in [1.29, 1.82) is 0 Å². The average molecular weight is 456 g/mol. The van der Waals surface area contributed by atoms with Gasteiger partial charge in [-0.25, -0.2) is 0 Å². The highest BCUT2D eigenvalue weighted by Crippen LogP contribution is 2.33. The summed E-state index contributed by atoms with van der Waals surface area (Å²) >= 11 is 6.61. The Kier molecular flexibility index (Phi) is 7.70. The van der Waals surface area contributed by atoms with Gasteiger partial charge in [0, 0.05) is 30.4 Å². The van der Waals surface area contributed by atoms with Crippen LogP contribution in [0.3, 0.4) is 0 Å². The number of carbonyl (C=O) groups is 1. The van der Waals surface area contributed by atoms with Crippen LogP contribution < -0.4 is 14.4 Å². The van der Waals surface area contributed by atoms with Crippen molar-refractivity contribution in [3.8, 4) is 11.5 Å². The zero-order valence-corrected chi connectivity index (χ0v) is 19.6. The number of ether oxygens (including phenoxy) is 2. The molecule has 0 atom stereocenters. The molecule has 1 amide bonds. The molecule has 1 fully saturated rings. The number of methoxy groups -OCH3 is 2. The second-order valence-corrected chi connectivity index (χ2v) is 8.29. The minimum absolute atomic E-state index is 0.244. The van der Waals surface area contributed by atoms with Crippen molar-refractivity contribution in [2.24, 2.45) is 5.10 Å². The number of hydrogen-bond acceptors (Lipinski definition) is 7. The molecule has 3 rings (SSSR count). The van der Waals surface area contributed by atoms with E-state index in [4.69, 9.17) is 21.7 Å². The largest absolute Gasteiger partial charge is 0.497 e. The van der Waals surface area contributed by atoms with Gasteiger partial charge in [0.2, 0.25) is 0 Å². The SMILES string of the molecule is CCN(CC)c1ccc(/C=C2/SC(=S)N(/N=C/c3ccc(OC)cc3OC)C2=O)cc1. The summed E-state index contributed by atoms with van der Waals surface area (Å²) in [7, 11) is 3.16. The zero-order valence-electron chi connectivity index (χ0n) is 18.0. The molecule has 1 saturated heterocycles. The minimum Gasteiger partial charge on any atom is -0.497 e. The molecule has 8 heteroatoms. The van der Waals surface area contributed by atoms with Gasteiger partial charge in [-0.1, -0.05) is 23.9 Å². The van der Waals surface area contributed by atoms with E-state index in [0.717, 1.165) is 24.3 Å². The smallest absolute Gasteiger partial charge is 0.286 e. The minimum atomic E-state index is -0.244. The van der Waals surface area contributed by atoms with Crippen molar-refractivity contribution in [3.05, 3.63) is 58.5 Å². The Labute approximate surface area is 192 Å². The Morgan fingerprint density at radius 1 is 1.10 bits per heavy atom. The highest BCUT2D eigenvalue weighted by Gasteiger charge is 2.32. The van der Waals surface area contributed by atoms with Gasteiger partial charge >= 0.3 is 0 Å². The molecule has 2 aromatic rings. The molecule has 0 spiro atoms. The Morgan fingerprint density at radius 2 is 1.81 bits per heavy atom. The molecule has 1 aliphatic rings. The van der Waals surface area contributed by atoms with Gasteiger partial charge in [0.25, 0.3) is 5.91 Å². The topological polar surface area (TPSA) is 54.4 Å². The van der Waals surface area contributed by atoms with Crippen LogP contribution in [0.5, 0.6) is 11.5 Å².